The van der Waals surface area contributed by atoms with Crippen molar-refractivity contribution in [3.8, 4) is 5.88 Å². The Morgan fingerprint density at radius 2 is 2.10 bits per heavy atom. The van der Waals surface area contributed by atoms with Gasteiger partial charge in [-0.3, -0.25) is 4.79 Å². The minimum atomic E-state index is -0.863. The number of carbonyl (C=O) groups excluding carboxylic acids is 1. The van der Waals surface area contributed by atoms with E-state index < -0.39 is 17.5 Å². The third kappa shape index (κ3) is 3.25. The van der Waals surface area contributed by atoms with Crippen LogP contribution in [0.3, 0.4) is 0 Å². The van der Waals surface area contributed by atoms with Gasteiger partial charge in [0.25, 0.3) is 5.91 Å². The maximum atomic E-state index is 13.4. The van der Waals surface area contributed by atoms with Crippen molar-refractivity contribution in [3.05, 3.63) is 47.9 Å². The number of halogens is 2. The summed E-state index contributed by atoms with van der Waals surface area (Å²) in [4.78, 5) is 19.5. The van der Waals surface area contributed by atoms with Crippen LogP contribution in [-0.2, 0) is 0 Å². The van der Waals surface area contributed by atoms with Gasteiger partial charge < -0.3 is 10.1 Å². The van der Waals surface area contributed by atoms with Crippen molar-refractivity contribution in [1.82, 2.24) is 9.97 Å². The van der Waals surface area contributed by atoms with E-state index in [0.717, 1.165) is 12.1 Å². The minimum Gasteiger partial charge on any atom is -0.478 e. The third-order valence-electron chi connectivity index (χ3n) is 2.35. The largest absolute Gasteiger partial charge is 0.478 e. The van der Waals surface area contributed by atoms with Gasteiger partial charge in [-0.25, -0.2) is 18.7 Å². The predicted octanol–water partition coefficient (Wildman–Crippen LogP) is 2.41. The van der Waals surface area contributed by atoms with Crippen molar-refractivity contribution in [2.75, 3.05) is 11.9 Å². The molecule has 2 aromatic rings. The highest BCUT2D eigenvalue weighted by atomic mass is 19.1. The minimum absolute atomic E-state index is 0.0205. The molecular formula is C13H11F2N3O2. The van der Waals surface area contributed by atoms with Crippen molar-refractivity contribution < 1.29 is 18.3 Å². The highest BCUT2D eigenvalue weighted by Crippen LogP contribution is 2.16. The van der Waals surface area contributed by atoms with E-state index in [1.807, 2.05) is 0 Å². The smallest absolute Gasteiger partial charge is 0.274 e. The number of benzene rings is 1. The molecule has 0 aliphatic rings. The molecule has 1 heterocycles. The number of amides is 1. The van der Waals surface area contributed by atoms with E-state index in [9.17, 15) is 13.6 Å². The van der Waals surface area contributed by atoms with Crippen molar-refractivity contribution in [2.24, 2.45) is 0 Å². The van der Waals surface area contributed by atoms with Gasteiger partial charge in [-0.1, -0.05) is 0 Å². The van der Waals surface area contributed by atoms with Gasteiger partial charge in [-0.05, 0) is 19.1 Å². The molecule has 0 spiro atoms. The number of hydrogen-bond donors (Lipinski definition) is 1. The summed E-state index contributed by atoms with van der Waals surface area (Å²) >= 11 is 0. The van der Waals surface area contributed by atoms with Crippen LogP contribution in [0.15, 0.2) is 30.6 Å². The first-order valence-electron chi connectivity index (χ1n) is 5.81. The highest BCUT2D eigenvalue weighted by molar-refractivity contribution is 6.03. The van der Waals surface area contributed by atoms with Gasteiger partial charge in [0.1, 0.15) is 23.7 Å². The molecule has 7 heteroatoms. The topological polar surface area (TPSA) is 64.1 Å². The van der Waals surface area contributed by atoms with Crippen LogP contribution in [0.25, 0.3) is 0 Å². The van der Waals surface area contributed by atoms with Crippen LogP contribution in [0, 0.1) is 11.6 Å². The monoisotopic (exact) mass is 279 g/mol. The molecule has 1 amide bonds. The maximum absolute atomic E-state index is 13.4. The van der Waals surface area contributed by atoms with E-state index in [0.29, 0.717) is 12.7 Å². The molecule has 2 rings (SSSR count). The average molecular weight is 279 g/mol. The highest BCUT2D eigenvalue weighted by Gasteiger charge is 2.12. The van der Waals surface area contributed by atoms with E-state index in [4.69, 9.17) is 4.74 Å². The summed E-state index contributed by atoms with van der Waals surface area (Å²) in [5, 5.41) is 2.30. The zero-order chi connectivity index (χ0) is 14.5. The Morgan fingerprint density at radius 3 is 2.80 bits per heavy atom. The number of nitrogens with one attached hydrogen (secondary N) is 1. The maximum Gasteiger partial charge on any atom is 0.274 e. The molecule has 0 atom stereocenters. The molecule has 104 valence electrons. The van der Waals surface area contributed by atoms with E-state index in [2.05, 4.69) is 15.3 Å². The van der Waals surface area contributed by atoms with Gasteiger partial charge in [0.2, 0.25) is 5.88 Å². The second kappa shape index (κ2) is 6.05. The van der Waals surface area contributed by atoms with Crippen LogP contribution >= 0.6 is 0 Å². The van der Waals surface area contributed by atoms with E-state index in [1.165, 1.54) is 12.4 Å². The van der Waals surface area contributed by atoms with E-state index >= 15 is 0 Å². The Kier molecular flexibility index (Phi) is 4.19. The number of hydrogen-bond acceptors (Lipinski definition) is 4. The van der Waals surface area contributed by atoms with Crippen LogP contribution in [0.2, 0.25) is 0 Å². The number of nitrogens with zero attached hydrogens (tertiary/aromatic N) is 2. The average Bonchev–Trinajstić information content (AvgIpc) is 2.42. The zero-order valence-corrected chi connectivity index (χ0v) is 10.6. The van der Waals surface area contributed by atoms with Gasteiger partial charge in [0, 0.05) is 12.1 Å². The summed E-state index contributed by atoms with van der Waals surface area (Å²) < 4.78 is 31.3. The van der Waals surface area contributed by atoms with Gasteiger partial charge in [0.15, 0.2) is 0 Å². The Bertz CT molecular complexity index is 635. The van der Waals surface area contributed by atoms with Crippen molar-refractivity contribution >= 4 is 11.6 Å². The van der Waals surface area contributed by atoms with E-state index in [-0.39, 0.29) is 17.3 Å². The summed E-state index contributed by atoms with van der Waals surface area (Å²) in [5.74, 6) is -1.98. The number of aromatic nitrogens is 2. The number of anilines is 1. The molecule has 0 fully saturated rings. The predicted molar refractivity (Wildman–Crippen MR) is 67.5 cm³/mol. The molecule has 0 saturated carbocycles. The first kappa shape index (κ1) is 13.9. The van der Waals surface area contributed by atoms with E-state index in [1.54, 1.807) is 6.92 Å². The van der Waals surface area contributed by atoms with Gasteiger partial charge in [-0.15, -0.1) is 0 Å². The van der Waals surface area contributed by atoms with Gasteiger partial charge in [0.05, 0.1) is 12.3 Å². The molecule has 5 nitrogen and oxygen atoms in total. The third-order valence-corrected chi connectivity index (χ3v) is 2.35. The van der Waals surface area contributed by atoms with Gasteiger partial charge >= 0.3 is 0 Å². The molecule has 0 unspecified atom stereocenters. The first-order chi connectivity index (χ1) is 9.60. The number of ether oxygens (including phenoxy) is 1. The fraction of sp³-hybridized carbons (Fsp3) is 0.154. The Hall–Kier alpha value is -2.57. The fourth-order valence-corrected chi connectivity index (χ4v) is 1.47. The molecule has 1 aromatic carbocycles. The first-order valence-corrected chi connectivity index (χ1v) is 5.81. The summed E-state index contributed by atoms with van der Waals surface area (Å²) in [5.41, 5.74) is -0.111. The lowest BCUT2D eigenvalue weighted by Gasteiger charge is -2.07. The van der Waals surface area contributed by atoms with Crippen LogP contribution < -0.4 is 10.1 Å². The molecule has 0 radical (unpaired) electrons. The van der Waals surface area contributed by atoms with Crippen molar-refractivity contribution in [3.63, 3.8) is 0 Å². The van der Waals surface area contributed by atoms with Crippen molar-refractivity contribution in [2.45, 2.75) is 6.92 Å². The van der Waals surface area contributed by atoms with Gasteiger partial charge in [-0.2, -0.15) is 0 Å². The fourth-order valence-electron chi connectivity index (χ4n) is 1.47. The van der Waals surface area contributed by atoms with Crippen LogP contribution in [0.4, 0.5) is 14.5 Å². The lowest BCUT2D eigenvalue weighted by Crippen LogP contribution is -2.15. The lowest BCUT2D eigenvalue weighted by atomic mass is 10.3. The molecule has 0 bridgehead atoms. The Morgan fingerprint density at radius 1 is 1.30 bits per heavy atom. The normalized spacial score (nSPS) is 10.2. The molecule has 0 aliphatic heterocycles. The SMILES string of the molecule is CCOc1cc(C(=O)Nc2ccc(F)cc2F)ncn1. The molecular weight excluding hydrogens is 268 g/mol. The summed E-state index contributed by atoms with van der Waals surface area (Å²) in [6, 6.07) is 4.19. The second-order valence-electron chi connectivity index (χ2n) is 3.75. The molecule has 1 N–H and O–H groups in total. The lowest BCUT2D eigenvalue weighted by molar-refractivity contribution is 0.102. The number of rotatable bonds is 4. The number of carbonyl (C=O) groups is 1. The molecule has 20 heavy (non-hydrogen) atoms. The van der Waals surface area contributed by atoms with Crippen LogP contribution in [-0.4, -0.2) is 22.5 Å². The van der Waals surface area contributed by atoms with Crippen molar-refractivity contribution in [1.29, 1.82) is 0 Å². The van der Waals surface area contributed by atoms with Crippen LogP contribution in [0.5, 0.6) is 5.88 Å². The molecule has 0 aliphatic carbocycles. The quantitative estimate of drug-likeness (QED) is 0.933. The molecule has 0 saturated heterocycles. The zero-order valence-electron chi connectivity index (χ0n) is 10.6. The summed E-state index contributed by atoms with van der Waals surface area (Å²) in [7, 11) is 0. The summed E-state index contributed by atoms with van der Waals surface area (Å²) in [6.45, 7) is 2.17. The Balaban J connectivity index is 2.17. The van der Waals surface area contributed by atoms with Crippen LogP contribution in [0.1, 0.15) is 17.4 Å². The Labute approximate surface area is 113 Å². The second-order valence-corrected chi connectivity index (χ2v) is 3.75. The summed E-state index contributed by atoms with van der Waals surface area (Å²) in [6.07, 6.45) is 1.17. The standard InChI is InChI=1S/C13H11F2N3O2/c1-2-20-12-6-11(16-7-17-12)13(19)18-10-4-3-8(14)5-9(10)15/h3-7H,2H2,1H3,(H,18,19). The molecule has 1 aromatic heterocycles.